The molecular formula is C16H16N2O3. The van der Waals surface area contributed by atoms with Gasteiger partial charge in [0.05, 0.1) is 19.4 Å². The van der Waals surface area contributed by atoms with Crippen molar-refractivity contribution in [2.24, 2.45) is 5.10 Å². The number of ether oxygens (including phenoxy) is 1. The quantitative estimate of drug-likeness (QED) is 0.870. The van der Waals surface area contributed by atoms with Gasteiger partial charge in [-0.05, 0) is 18.2 Å². The van der Waals surface area contributed by atoms with Gasteiger partial charge < -0.3 is 9.15 Å². The molecule has 0 spiro atoms. The van der Waals surface area contributed by atoms with E-state index in [-0.39, 0.29) is 11.9 Å². The number of carbonyl (C=O) groups excluding carboxylic acids is 1. The first-order valence-electron chi connectivity index (χ1n) is 6.74. The Morgan fingerprint density at radius 3 is 2.81 bits per heavy atom. The van der Waals surface area contributed by atoms with Crippen LogP contribution in [0.1, 0.15) is 30.7 Å². The van der Waals surface area contributed by atoms with Gasteiger partial charge in [-0.3, -0.25) is 4.79 Å². The molecule has 1 aliphatic rings. The van der Waals surface area contributed by atoms with Gasteiger partial charge in [0, 0.05) is 18.9 Å². The van der Waals surface area contributed by atoms with Crippen molar-refractivity contribution in [3.63, 3.8) is 0 Å². The van der Waals surface area contributed by atoms with Crippen molar-refractivity contribution in [2.75, 3.05) is 7.11 Å². The summed E-state index contributed by atoms with van der Waals surface area (Å²) in [6.07, 6.45) is 2.21. The number of para-hydroxylation sites is 1. The van der Waals surface area contributed by atoms with Crippen LogP contribution < -0.4 is 4.74 Å². The predicted octanol–water partition coefficient (Wildman–Crippen LogP) is 2.99. The van der Waals surface area contributed by atoms with Crippen molar-refractivity contribution in [3.8, 4) is 5.75 Å². The fraction of sp³-hybridized carbons (Fsp3) is 0.250. The zero-order chi connectivity index (χ0) is 14.8. The Morgan fingerprint density at radius 2 is 2.14 bits per heavy atom. The van der Waals surface area contributed by atoms with Crippen molar-refractivity contribution >= 4 is 11.6 Å². The summed E-state index contributed by atoms with van der Waals surface area (Å²) in [7, 11) is 1.63. The molecule has 108 valence electrons. The van der Waals surface area contributed by atoms with Gasteiger partial charge >= 0.3 is 0 Å². The average molecular weight is 284 g/mol. The molecule has 3 rings (SSSR count). The molecule has 5 nitrogen and oxygen atoms in total. The topological polar surface area (TPSA) is 55.0 Å². The number of furan rings is 1. The van der Waals surface area contributed by atoms with Crippen molar-refractivity contribution in [2.45, 2.75) is 19.4 Å². The highest BCUT2D eigenvalue weighted by Crippen LogP contribution is 2.37. The number of rotatable bonds is 3. The third kappa shape index (κ3) is 2.42. The van der Waals surface area contributed by atoms with Crippen molar-refractivity contribution in [3.05, 3.63) is 54.0 Å². The van der Waals surface area contributed by atoms with Crippen LogP contribution in [0.15, 0.2) is 52.2 Å². The molecule has 0 bridgehead atoms. The standard InChI is InChI=1S/C16H16N2O3/c1-11(19)18-14(12-6-3-4-7-15(12)20-2)10-13(17-18)16-8-5-9-21-16/h3-9,14H,10H2,1-2H3/t14-/m1/s1. The minimum Gasteiger partial charge on any atom is -0.496 e. The molecule has 21 heavy (non-hydrogen) atoms. The molecule has 0 fully saturated rings. The van der Waals surface area contributed by atoms with Gasteiger partial charge in [-0.2, -0.15) is 5.10 Å². The molecule has 0 saturated carbocycles. The summed E-state index contributed by atoms with van der Waals surface area (Å²) in [6.45, 7) is 1.51. The Kier molecular flexibility index (Phi) is 3.48. The zero-order valence-electron chi connectivity index (χ0n) is 11.9. The van der Waals surface area contributed by atoms with Crippen molar-refractivity contribution < 1.29 is 13.9 Å². The fourth-order valence-corrected chi connectivity index (χ4v) is 2.58. The highest BCUT2D eigenvalue weighted by molar-refractivity contribution is 6.01. The first-order chi connectivity index (χ1) is 10.2. The van der Waals surface area contributed by atoms with Crippen LogP contribution in [0.2, 0.25) is 0 Å². The number of nitrogens with zero attached hydrogens (tertiary/aromatic N) is 2. The van der Waals surface area contributed by atoms with Crippen molar-refractivity contribution in [1.29, 1.82) is 0 Å². The maximum atomic E-state index is 11.9. The molecule has 0 N–H and O–H groups in total. The zero-order valence-corrected chi connectivity index (χ0v) is 11.9. The van der Waals surface area contributed by atoms with Crippen LogP contribution in [0.4, 0.5) is 0 Å². The van der Waals surface area contributed by atoms with Crippen LogP contribution in [0.25, 0.3) is 0 Å². The molecule has 2 heterocycles. The third-order valence-corrected chi connectivity index (χ3v) is 3.54. The van der Waals surface area contributed by atoms with Gasteiger partial charge in [-0.25, -0.2) is 5.01 Å². The second-order valence-electron chi connectivity index (χ2n) is 4.85. The highest BCUT2D eigenvalue weighted by Gasteiger charge is 2.33. The van der Waals surface area contributed by atoms with Crippen LogP contribution in [0.3, 0.4) is 0 Å². The third-order valence-electron chi connectivity index (χ3n) is 3.54. The van der Waals surface area contributed by atoms with Crippen LogP contribution >= 0.6 is 0 Å². The number of carbonyl (C=O) groups is 1. The SMILES string of the molecule is COc1ccccc1[C@H]1CC(c2ccco2)=NN1C(C)=O. The Morgan fingerprint density at radius 1 is 1.33 bits per heavy atom. The van der Waals surface area contributed by atoms with E-state index in [0.29, 0.717) is 12.2 Å². The fourth-order valence-electron chi connectivity index (χ4n) is 2.58. The number of hydrazone groups is 1. The normalized spacial score (nSPS) is 17.7. The molecule has 1 amide bonds. The molecule has 1 aromatic heterocycles. The Balaban J connectivity index is 1.98. The summed E-state index contributed by atoms with van der Waals surface area (Å²) < 4.78 is 10.8. The summed E-state index contributed by atoms with van der Waals surface area (Å²) in [4.78, 5) is 11.9. The summed E-state index contributed by atoms with van der Waals surface area (Å²) in [5.41, 5.74) is 1.71. The molecular weight excluding hydrogens is 268 g/mol. The molecule has 1 atom stereocenters. The number of amides is 1. The lowest BCUT2D eigenvalue weighted by atomic mass is 10.00. The van der Waals surface area contributed by atoms with E-state index in [4.69, 9.17) is 9.15 Å². The van der Waals surface area contributed by atoms with E-state index in [2.05, 4.69) is 5.10 Å². The molecule has 0 aliphatic carbocycles. The molecule has 2 aromatic rings. The lowest BCUT2D eigenvalue weighted by molar-refractivity contribution is -0.130. The Hall–Kier alpha value is -2.56. The molecule has 1 aliphatic heterocycles. The van der Waals surface area contributed by atoms with Crippen LogP contribution in [-0.4, -0.2) is 23.7 Å². The van der Waals surface area contributed by atoms with E-state index < -0.39 is 0 Å². The first-order valence-corrected chi connectivity index (χ1v) is 6.74. The second-order valence-corrected chi connectivity index (χ2v) is 4.85. The summed E-state index contributed by atoms with van der Waals surface area (Å²) in [6, 6.07) is 11.2. The molecule has 0 unspecified atom stereocenters. The van der Waals surface area contributed by atoms with Gasteiger partial charge in [0.1, 0.15) is 17.2 Å². The summed E-state index contributed by atoms with van der Waals surface area (Å²) in [5.74, 6) is 1.34. The minimum absolute atomic E-state index is 0.104. The molecule has 0 radical (unpaired) electrons. The maximum absolute atomic E-state index is 11.9. The van der Waals surface area contributed by atoms with Crippen LogP contribution in [-0.2, 0) is 4.79 Å². The van der Waals surface area contributed by atoms with Gasteiger partial charge in [-0.1, -0.05) is 18.2 Å². The van der Waals surface area contributed by atoms with E-state index in [1.165, 1.54) is 11.9 Å². The lowest BCUT2D eigenvalue weighted by Crippen LogP contribution is -2.24. The van der Waals surface area contributed by atoms with Crippen LogP contribution in [0.5, 0.6) is 5.75 Å². The predicted molar refractivity (Wildman–Crippen MR) is 78.1 cm³/mol. The second kappa shape index (κ2) is 5.44. The Bertz CT molecular complexity index is 677. The average Bonchev–Trinajstić information content (AvgIpc) is 3.16. The van der Waals surface area contributed by atoms with E-state index >= 15 is 0 Å². The number of methoxy groups -OCH3 is 1. The number of benzene rings is 1. The van der Waals surface area contributed by atoms with E-state index in [9.17, 15) is 4.79 Å². The number of hydrogen-bond acceptors (Lipinski definition) is 4. The summed E-state index contributed by atoms with van der Waals surface area (Å²) >= 11 is 0. The minimum atomic E-state index is -0.168. The van der Waals surface area contributed by atoms with Gasteiger partial charge in [0.15, 0.2) is 0 Å². The van der Waals surface area contributed by atoms with E-state index in [1.54, 1.807) is 13.4 Å². The van der Waals surface area contributed by atoms with Crippen LogP contribution in [0, 0.1) is 0 Å². The van der Waals surface area contributed by atoms with E-state index in [1.807, 2.05) is 36.4 Å². The monoisotopic (exact) mass is 284 g/mol. The maximum Gasteiger partial charge on any atom is 0.240 e. The smallest absolute Gasteiger partial charge is 0.240 e. The largest absolute Gasteiger partial charge is 0.496 e. The van der Waals surface area contributed by atoms with Gasteiger partial charge in [0.25, 0.3) is 0 Å². The highest BCUT2D eigenvalue weighted by atomic mass is 16.5. The molecule has 0 saturated heterocycles. The van der Waals surface area contributed by atoms with E-state index in [0.717, 1.165) is 17.0 Å². The molecule has 5 heteroatoms. The summed E-state index contributed by atoms with van der Waals surface area (Å²) in [5, 5.41) is 5.91. The first kappa shape index (κ1) is 13.4. The van der Waals surface area contributed by atoms with Gasteiger partial charge in [-0.15, -0.1) is 0 Å². The number of hydrogen-bond donors (Lipinski definition) is 0. The molecule has 1 aromatic carbocycles. The van der Waals surface area contributed by atoms with Gasteiger partial charge in [0.2, 0.25) is 5.91 Å². The lowest BCUT2D eigenvalue weighted by Gasteiger charge is -2.22. The Labute approximate surface area is 122 Å². The van der Waals surface area contributed by atoms with Crippen molar-refractivity contribution in [1.82, 2.24) is 5.01 Å².